The first kappa shape index (κ1) is 11.1. The van der Waals surface area contributed by atoms with Gasteiger partial charge in [-0.3, -0.25) is 9.59 Å². The van der Waals surface area contributed by atoms with Gasteiger partial charge in [-0.2, -0.15) is 0 Å². The van der Waals surface area contributed by atoms with Crippen LogP contribution >= 0.6 is 0 Å². The number of hydrogen-bond donors (Lipinski definition) is 2. The molecule has 2 rings (SSSR count). The van der Waals surface area contributed by atoms with E-state index in [2.05, 4.69) is 4.98 Å². The van der Waals surface area contributed by atoms with Gasteiger partial charge in [0.2, 0.25) is 0 Å². The summed E-state index contributed by atoms with van der Waals surface area (Å²) in [5.41, 5.74) is 0.696. The number of benzene rings is 1. The van der Waals surface area contributed by atoms with Gasteiger partial charge >= 0.3 is 0 Å². The van der Waals surface area contributed by atoms with Gasteiger partial charge in [0.15, 0.2) is 11.7 Å². The minimum absolute atomic E-state index is 0.165. The van der Waals surface area contributed by atoms with Crippen LogP contribution < -0.4 is 5.43 Å². The molecular formula is C11H11NO3. The quantitative estimate of drug-likeness (QED) is 0.681. The van der Waals surface area contributed by atoms with Crippen molar-refractivity contribution in [2.24, 2.45) is 0 Å². The van der Waals surface area contributed by atoms with Gasteiger partial charge in [-0.15, -0.1) is 0 Å². The Balaban J connectivity index is 0.000000531. The van der Waals surface area contributed by atoms with Crippen LogP contribution in [0.1, 0.15) is 10.4 Å². The molecule has 0 atom stereocenters. The first-order chi connectivity index (χ1) is 7.33. The maximum Gasteiger partial charge on any atom is 0.199 e. The summed E-state index contributed by atoms with van der Waals surface area (Å²) in [7, 11) is 1.00. The summed E-state index contributed by atoms with van der Waals surface area (Å²) in [6, 6.07) is 7.09. The number of aliphatic hydroxyl groups excluding tert-OH is 1. The normalized spacial score (nSPS) is 9.20. The molecule has 1 aromatic carbocycles. The summed E-state index contributed by atoms with van der Waals surface area (Å²) in [5, 5.41) is 7.55. The molecule has 0 bridgehead atoms. The van der Waals surface area contributed by atoms with Gasteiger partial charge < -0.3 is 10.1 Å². The predicted molar refractivity (Wildman–Crippen MR) is 58.1 cm³/mol. The lowest BCUT2D eigenvalue weighted by atomic mass is 10.1. The van der Waals surface area contributed by atoms with Crippen molar-refractivity contribution in [2.75, 3.05) is 7.11 Å². The van der Waals surface area contributed by atoms with Gasteiger partial charge in [0, 0.05) is 24.2 Å². The lowest BCUT2D eigenvalue weighted by Gasteiger charge is -1.96. The summed E-state index contributed by atoms with van der Waals surface area (Å²) in [4.78, 5) is 24.8. The molecule has 0 aliphatic carbocycles. The van der Waals surface area contributed by atoms with E-state index in [0.29, 0.717) is 11.7 Å². The fraction of sp³-hybridized carbons (Fsp3) is 0.0909. The SMILES string of the molecule is CO.O=Cc1c[nH]c2ccccc2c1=O. The van der Waals surface area contributed by atoms with E-state index in [1.807, 2.05) is 6.07 Å². The lowest BCUT2D eigenvalue weighted by Crippen LogP contribution is -2.08. The van der Waals surface area contributed by atoms with Gasteiger partial charge in [-0.25, -0.2) is 0 Å². The second-order valence-corrected chi connectivity index (χ2v) is 2.74. The number of rotatable bonds is 1. The summed E-state index contributed by atoms with van der Waals surface area (Å²) in [5.74, 6) is 0. The highest BCUT2D eigenvalue weighted by atomic mass is 16.2. The lowest BCUT2D eigenvalue weighted by molar-refractivity contribution is 0.112. The minimum atomic E-state index is -0.218. The molecular weight excluding hydrogens is 194 g/mol. The fourth-order valence-corrected chi connectivity index (χ4v) is 1.27. The average molecular weight is 205 g/mol. The number of carbonyl (C=O) groups is 1. The standard InChI is InChI=1S/C10H7NO2.CH4O/c12-6-7-5-11-9-4-2-1-3-8(9)10(7)13;1-2/h1-6H,(H,11,13);2H,1H3. The predicted octanol–water partition coefficient (Wildman–Crippen LogP) is 0.949. The van der Waals surface area contributed by atoms with Crippen LogP contribution in [0.15, 0.2) is 35.3 Å². The molecule has 1 aromatic heterocycles. The number of carbonyl (C=O) groups excluding carboxylic acids is 1. The molecule has 0 saturated heterocycles. The molecule has 4 nitrogen and oxygen atoms in total. The smallest absolute Gasteiger partial charge is 0.199 e. The molecule has 0 fully saturated rings. The van der Waals surface area contributed by atoms with E-state index in [9.17, 15) is 9.59 Å². The van der Waals surface area contributed by atoms with Gasteiger partial charge in [-0.05, 0) is 12.1 Å². The molecule has 0 aliphatic rings. The van der Waals surface area contributed by atoms with Crippen LogP contribution in [0.5, 0.6) is 0 Å². The summed E-state index contributed by atoms with van der Waals surface area (Å²) in [6.07, 6.45) is 1.99. The van der Waals surface area contributed by atoms with E-state index in [1.54, 1.807) is 18.2 Å². The summed E-state index contributed by atoms with van der Waals surface area (Å²) < 4.78 is 0. The number of H-pyrrole nitrogens is 1. The second kappa shape index (κ2) is 5.07. The molecule has 4 heteroatoms. The van der Waals surface area contributed by atoms with Crippen LogP contribution in [-0.2, 0) is 0 Å². The van der Waals surface area contributed by atoms with Crippen molar-refractivity contribution < 1.29 is 9.90 Å². The third-order valence-corrected chi connectivity index (χ3v) is 1.94. The molecule has 15 heavy (non-hydrogen) atoms. The Morgan fingerprint density at radius 1 is 1.27 bits per heavy atom. The highest BCUT2D eigenvalue weighted by molar-refractivity contribution is 5.85. The number of para-hydroxylation sites is 1. The molecule has 0 aliphatic heterocycles. The van der Waals surface area contributed by atoms with Crippen LogP contribution in [0.3, 0.4) is 0 Å². The van der Waals surface area contributed by atoms with Crippen LogP contribution in [-0.4, -0.2) is 23.5 Å². The van der Waals surface area contributed by atoms with Crippen molar-refractivity contribution in [1.29, 1.82) is 0 Å². The zero-order chi connectivity index (χ0) is 11.3. The highest BCUT2D eigenvalue weighted by Gasteiger charge is 2.01. The third-order valence-electron chi connectivity index (χ3n) is 1.94. The molecule has 1 heterocycles. The van der Waals surface area contributed by atoms with Crippen molar-refractivity contribution in [3.05, 3.63) is 46.2 Å². The Kier molecular flexibility index (Phi) is 3.76. The Labute approximate surface area is 86.2 Å². The maximum absolute atomic E-state index is 11.5. The molecule has 0 amide bonds. The number of aliphatic hydroxyl groups is 1. The van der Waals surface area contributed by atoms with Crippen molar-refractivity contribution in [3.63, 3.8) is 0 Å². The van der Waals surface area contributed by atoms with Gasteiger partial charge in [0.05, 0.1) is 5.56 Å². The summed E-state index contributed by atoms with van der Waals surface area (Å²) in [6.45, 7) is 0. The van der Waals surface area contributed by atoms with Crippen LogP contribution in [0.2, 0.25) is 0 Å². The first-order valence-corrected chi connectivity index (χ1v) is 4.33. The Morgan fingerprint density at radius 2 is 1.93 bits per heavy atom. The molecule has 0 spiro atoms. The van der Waals surface area contributed by atoms with Crippen molar-refractivity contribution in [3.8, 4) is 0 Å². The van der Waals surface area contributed by atoms with E-state index in [-0.39, 0.29) is 11.0 Å². The molecule has 0 radical (unpaired) electrons. The fourth-order valence-electron chi connectivity index (χ4n) is 1.27. The van der Waals surface area contributed by atoms with Crippen LogP contribution in [0.25, 0.3) is 10.9 Å². The number of nitrogens with one attached hydrogen (secondary N) is 1. The molecule has 78 valence electrons. The molecule has 0 unspecified atom stereocenters. The number of aromatic amines is 1. The van der Waals surface area contributed by atoms with Crippen molar-refractivity contribution in [2.45, 2.75) is 0 Å². The number of fused-ring (bicyclic) bond motifs is 1. The summed E-state index contributed by atoms with van der Waals surface area (Å²) >= 11 is 0. The van der Waals surface area contributed by atoms with E-state index in [0.717, 1.165) is 12.6 Å². The van der Waals surface area contributed by atoms with E-state index < -0.39 is 0 Å². The molecule has 0 saturated carbocycles. The maximum atomic E-state index is 11.5. The number of pyridine rings is 1. The van der Waals surface area contributed by atoms with Crippen LogP contribution in [0, 0.1) is 0 Å². The minimum Gasteiger partial charge on any atom is -0.400 e. The topological polar surface area (TPSA) is 70.2 Å². The Hall–Kier alpha value is -1.94. The van der Waals surface area contributed by atoms with Crippen molar-refractivity contribution in [1.82, 2.24) is 4.98 Å². The zero-order valence-electron chi connectivity index (χ0n) is 8.23. The van der Waals surface area contributed by atoms with Crippen LogP contribution in [0.4, 0.5) is 0 Å². The van der Waals surface area contributed by atoms with E-state index >= 15 is 0 Å². The van der Waals surface area contributed by atoms with Crippen molar-refractivity contribution >= 4 is 17.2 Å². The van der Waals surface area contributed by atoms with E-state index in [4.69, 9.17) is 5.11 Å². The average Bonchev–Trinajstić information content (AvgIpc) is 2.33. The second-order valence-electron chi connectivity index (χ2n) is 2.74. The zero-order valence-corrected chi connectivity index (χ0v) is 8.23. The Bertz CT molecular complexity index is 516. The van der Waals surface area contributed by atoms with Gasteiger partial charge in [-0.1, -0.05) is 12.1 Å². The Morgan fingerprint density at radius 3 is 2.60 bits per heavy atom. The molecule has 2 aromatic rings. The monoisotopic (exact) mass is 205 g/mol. The van der Waals surface area contributed by atoms with Gasteiger partial charge in [0.1, 0.15) is 0 Å². The molecule has 2 N–H and O–H groups in total. The number of hydrogen-bond acceptors (Lipinski definition) is 3. The number of aldehydes is 1. The third kappa shape index (κ3) is 2.11. The first-order valence-electron chi connectivity index (χ1n) is 4.33. The number of aromatic nitrogens is 1. The largest absolute Gasteiger partial charge is 0.400 e. The highest BCUT2D eigenvalue weighted by Crippen LogP contribution is 2.05. The van der Waals surface area contributed by atoms with Gasteiger partial charge in [0.25, 0.3) is 0 Å². The van der Waals surface area contributed by atoms with E-state index in [1.165, 1.54) is 6.20 Å².